The average molecular weight is 269 g/mol. The van der Waals surface area contributed by atoms with Gasteiger partial charge in [-0.25, -0.2) is 0 Å². The molecule has 0 aliphatic rings. The number of aryl methyl sites for hydroxylation is 1. The van der Waals surface area contributed by atoms with Gasteiger partial charge >= 0.3 is 0 Å². The Morgan fingerprint density at radius 1 is 1.06 bits per heavy atom. The maximum absolute atomic E-state index is 2.45. The van der Waals surface area contributed by atoms with E-state index in [0.717, 1.165) is 0 Å². The van der Waals surface area contributed by atoms with Gasteiger partial charge in [-0.1, -0.05) is 33.0 Å². The summed E-state index contributed by atoms with van der Waals surface area (Å²) in [5.74, 6) is 0. The molecule has 0 radical (unpaired) electrons. The van der Waals surface area contributed by atoms with Crippen LogP contribution in [0.5, 0.6) is 0 Å². The topological polar surface area (TPSA) is 0 Å². The Bertz CT molecular complexity index is 442. The zero-order chi connectivity index (χ0) is 11.8. The molecule has 0 bridgehead atoms. The van der Waals surface area contributed by atoms with Gasteiger partial charge < -0.3 is 0 Å². The smallest absolute Gasteiger partial charge is 0.0904 e. The van der Waals surface area contributed by atoms with Gasteiger partial charge in [0.1, 0.15) is 0 Å². The third-order valence-corrected chi connectivity index (χ3v) is 8.71. The van der Waals surface area contributed by atoms with E-state index in [0.29, 0.717) is 0 Å². The van der Waals surface area contributed by atoms with Crippen LogP contribution in [0.2, 0.25) is 19.6 Å². The summed E-state index contributed by atoms with van der Waals surface area (Å²) in [4.78, 5) is 1.57. The highest BCUT2D eigenvalue weighted by Crippen LogP contribution is 2.31. The molecule has 0 aliphatic carbocycles. The standard InChI is InChI=1S/C13H20S2Si/c1-5-6-7-10-8-11-12(14-10)9-13(15-11)16(2,3)4/h8-9H,5-7H2,1-4H3. The van der Waals surface area contributed by atoms with E-state index in [1.807, 2.05) is 22.7 Å². The number of fused-ring (bicyclic) bond motifs is 1. The summed E-state index contributed by atoms with van der Waals surface area (Å²) in [5.41, 5.74) is 0. The Labute approximate surface area is 107 Å². The number of hydrogen-bond acceptors (Lipinski definition) is 2. The summed E-state index contributed by atoms with van der Waals surface area (Å²) in [5, 5.41) is 0. The molecule has 0 atom stereocenters. The molecule has 3 heteroatoms. The summed E-state index contributed by atoms with van der Waals surface area (Å²) in [6.45, 7) is 9.56. The summed E-state index contributed by atoms with van der Waals surface area (Å²) >= 11 is 4.04. The molecule has 0 unspecified atom stereocenters. The van der Waals surface area contributed by atoms with Gasteiger partial charge in [0.15, 0.2) is 0 Å². The molecular weight excluding hydrogens is 248 g/mol. The summed E-state index contributed by atoms with van der Waals surface area (Å²) in [7, 11) is -1.10. The van der Waals surface area contributed by atoms with Crippen LogP contribution in [-0.2, 0) is 6.42 Å². The number of rotatable bonds is 4. The van der Waals surface area contributed by atoms with Gasteiger partial charge in [0.25, 0.3) is 0 Å². The van der Waals surface area contributed by atoms with E-state index < -0.39 is 8.07 Å². The van der Waals surface area contributed by atoms with E-state index in [1.54, 1.807) is 9.38 Å². The molecule has 0 saturated heterocycles. The molecule has 2 heterocycles. The van der Waals surface area contributed by atoms with Gasteiger partial charge in [-0.15, -0.1) is 22.7 Å². The third kappa shape index (κ3) is 2.58. The lowest BCUT2D eigenvalue weighted by Crippen LogP contribution is -2.34. The fraction of sp³-hybridized carbons (Fsp3) is 0.538. The van der Waals surface area contributed by atoms with Crippen LogP contribution in [0.15, 0.2) is 12.1 Å². The van der Waals surface area contributed by atoms with Gasteiger partial charge in [0.05, 0.1) is 8.07 Å². The summed E-state index contributed by atoms with van der Waals surface area (Å²) < 4.78 is 4.69. The highest BCUT2D eigenvalue weighted by Gasteiger charge is 2.20. The lowest BCUT2D eigenvalue weighted by atomic mass is 10.2. The molecule has 0 spiro atoms. The summed E-state index contributed by atoms with van der Waals surface area (Å²) in [6.07, 6.45) is 3.89. The monoisotopic (exact) mass is 268 g/mol. The van der Waals surface area contributed by atoms with Crippen LogP contribution in [-0.4, -0.2) is 8.07 Å². The normalized spacial score (nSPS) is 12.5. The lowest BCUT2D eigenvalue weighted by molar-refractivity contribution is 0.804. The minimum absolute atomic E-state index is 1.10. The van der Waals surface area contributed by atoms with E-state index in [4.69, 9.17) is 0 Å². The van der Waals surface area contributed by atoms with Gasteiger partial charge in [-0.2, -0.15) is 0 Å². The van der Waals surface area contributed by atoms with Crippen molar-refractivity contribution in [3.63, 3.8) is 0 Å². The largest absolute Gasteiger partial charge is 0.144 e. The second kappa shape index (κ2) is 4.63. The van der Waals surface area contributed by atoms with Crippen LogP contribution in [0.1, 0.15) is 24.6 Å². The highest BCUT2D eigenvalue weighted by atomic mass is 32.1. The van der Waals surface area contributed by atoms with E-state index in [1.165, 1.54) is 28.7 Å². The second-order valence-corrected chi connectivity index (χ2v) is 13.1. The molecular formula is C13H20S2Si. The zero-order valence-corrected chi connectivity index (χ0v) is 13.2. The quantitative estimate of drug-likeness (QED) is 0.695. The van der Waals surface area contributed by atoms with E-state index >= 15 is 0 Å². The van der Waals surface area contributed by atoms with Crippen molar-refractivity contribution in [1.82, 2.24) is 0 Å². The van der Waals surface area contributed by atoms with Crippen LogP contribution in [0.25, 0.3) is 9.40 Å². The predicted molar refractivity (Wildman–Crippen MR) is 81.3 cm³/mol. The van der Waals surface area contributed by atoms with Crippen molar-refractivity contribution in [2.24, 2.45) is 0 Å². The van der Waals surface area contributed by atoms with Crippen molar-refractivity contribution < 1.29 is 0 Å². The molecule has 0 aliphatic heterocycles. The Morgan fingerprint density at radius 3 is 2.31 bits per heavy atom. The first-order chi connectivity index (χ1) is 7.50. The summed E-state index contributed by atoms with van der Waals surface area (Å²) in [6, 6.07) is 4.87. The number of thiophene rings is 2. The van der Waals surface area contributed by atoms with Gasteiger partial charge in [-0.05, 0) is 29.5 Å². The minimum Gasteiger partial charge on any atom is -0.144 e. The van der Waals surface area contributed by atoms with Gasteiger partial charge in [0, 0.05) is 14.3 Å². The average Bonchev–Trinajstić information content (AvgIpc) is 2.69. The van der Waals surface area contributed by atoms with Crippen LogP contribution in [0.3, 0.4) is 0 Å². The molecule has 2 rings (SSSR count). The van der Waals surface area contributed by atoms with Crippen LogP contribution in [0, 0.1) is 0 Å². The van der Waals surface area contributed by atoms with Crippen LogP contribution in [0.4, 0.5) is 0 Å². The van der Waals surface area contributed by atoms with Crippen molar-refractivity contribution in [2.75, 3.05) is 0 Å². The van der Waals surface area contributed by atoms with E-state index in [2.05, 4.69) is 38.7 Å². The first-order valence-electron chi connectivity index (χ1n) is 6.03. The maximum atomic E-state index is 2.45. The van der Waals surface area contributed by atoms with Crippen LogP contribution < -0.4 is 4.50 Å². The Hall–Kier alpha value is -0.123. The molecule has 2 aromatic rings. The molecule has 0 fully saturated rings. The van der Waals surface area contributed by atoms with Crippen molar-refractivity contribution in [3.05, 3.63) is 17.0 Å². The molecule has 0 nitrogen and oxygen atoms in total. The first kappa shape index (κ1) is 12.3. The van der Waals surface area contributed by atoms with Crippen molar-refractivity contribution in [2.45, 2.75) is 45.8 Å². The molecule has 16 heavy (non-hydrogen) atoms. The lowest BCUT2D eigenvalue weighted by Gasteiger charge is -2.11. The van der Waals surface area contributed by atoms with Gasteiger partial charge in [-0.3, -0.25) is 0 Å². The molecule has 2 aromatic heterocycles. The third-order valence-electron chi connectivity index (χ3n) is 2.77. The Balaban J connectivity index is 2.26. The minimum atomic E-state index is -1.10. The molecule has 0 aromatic carbocycles. The fourth-order valence-corrected chi connectivity index (χ4v) is 6.18. The van der Waals surface area contributed by atoms with Crippen molar-refractivity contribution >= 4 is 44.6 Å². The molecule has 0 saturated carbocycles. The van der Waals surface area contributed by atoms with Crippen LogP contribution >= 0.6 is 22.7 Å². The fourth-order valence-electron chi connectivity index (χ4n) is 1.73. The highest BCUT2D eigenvalue weighted by molar-refractivity contribution is 7.35. The Morgan fingerprint density at radius 2 is 1.75 bits per heavy atom. The SMILES string of the molecule is CCCCc1cc2sc([Si](C)(C)C)cc2s1. The first-order valence-corrected chi connectivity index (χ1v) is 11.2. The molecule has 0 amide bonds. The maximum Gasteiger partial charge on any atom is 0.0904 e. The zero-order valence-electron chi connectivity index (χ0n) is 10.6. The van der Waals surface area contributed by atoms with Crippen molar-refractivity contribution in [1.29, 1.82) is 0 Å². The molecule has 0 N–H and O–H groups in total. The predicted octanol–water partition coefficient (Wildman–Crippen LogP) is 4.85. The number of unbranched alkanes of at least 4 members (excludes halogenated alkanes) is 1. The second-order valence-electron chi connectivity index (χ2n) is 5.41. The van der Waals surface area contributed by atoms with Gasteiger partial charge in [0.2, 0.25) is 0 Å². The van der Waals surface area contributed by atoms with E-state index in [9.17, 15) is 0 Å². The van der Waals surface area contributed by atoms with Crippen molar-refractivity contribution in [3.8, 4) is 0 Å². The molecule has 88 valence electrons. The Kier molecular flexibility index (Phi) is 3.57. The van der Waals surface area contributed by atoms with E-state index in [-0.39, 0.29) is 0 Å². The number of hydrogen-bond donors (Lipinski definition) is 0.